The molecule has 2 aliphatic heterocycles. The number of benzene rings is 1. The fourth-order valence-corrected chi connectivity index (χ4v) is 3.58. The highest BCUT2D eigenvalue weighted by Crippen LogP contribution is 2.35. The molecule has 22 heavy (non-hydrogen) atoms. The largest absolute Gasteiger partial charge is 0.477 e. The van der Waals surface area contributed by atoms with Crippen LogP contribution >= 0.6 is 11.3 Å². The molecule has 0 radical (unpaired) electrons. The lowest BCUT2D eigenvalue weighted by molar-refractivity contribution is -0.133. The van der Waals surface area contributed by atoms with E-state index in [9.17, 15) is 9.90 Å². The minimum absolute atomic E-state index is 0.0649. The third kappa shape index (κ3) is 2.00. The van der Waals surface area contributed by atoms with Gasteiger partial charge in [-0.1, -0.05) is 24.3 Å². The second kappa shape index (κ2) is 4.99. The summed E-state index contributed by atoms with van der Waals surface area (Å²) in [6.07, 6.45) is 1.57. The van der Waals surface area contributed by atoms with Crippen molar-refractivity contribution in [1.29, 1.82) is 0 Å². The zero-order valence-corrected chi connectivity index (χ0v) is 12.3. The number of nitrogens with zero attached hydrogens (tertiary/aromatic N) is 2. The Labute approximate surface area is 131 Å². The summed E-state index contributed by atoms with van der Waals surface area (Å²) in [5.41, 5.74) is 2.09. The minimum atomic E-state index is -0.937. The lowest BCUT2D eigenvalue weighted by atomic mass is 10.0. The van der Waals surface area contributed by atoms with E-state index in [2.05, 4.69) is 5.32 Å². The summed E-state index contributed by atoms with van der Waals surface area (Å²) in [4.78, 5) is 12.4. The van der Waals surface area contributed by atoms with Crippen molar-refractivity contribution in [2.45, 2.75) is 6.17 Å². The van der Waals surface area contributed by atoms with Crippen LogP contribution in [0.1, 0.15) is 4.88 Å². The summed E-state index contributed by atoms with van der Waals surface area (Å²) >= 11 is 1.61. The predicted molar refractivity (Wildman–Crippen MR) is 85.9 cm³/mol. The minimum Gasteiger partial charge on any atom is -0.477 e. The topological polar surface area (TPSA) is 64.9 Å². The Kier molecular flexibility index (Phi) is 2.97. The number of nitrogens with one attached hydrogen (secondary N) is 1. The fourth-order valence-electron chi connectivity index (χ4n) is 2.82. The fraction of sp³-hybridized carbons (Fsp3) is 0.125. The Morgan fingerprint density at radius 2 is 2.05 bits per heavy atom. The van der Waals surface area contributed by atoms with E-state index in [1.54, 1.807) is 17.4 Å². The highest BCUT2D eigenvalue weighted by Gasteiger charge is 2.43. The van der Waals surface area contributed by atoms with Crippen LogP contribution in [-0.2, 0) is 4.79 Å². The zero-order chi connectivity index (χ0) is 15.1. The van der Waals surface area contributed by atoms with E-state index in [-0.39, 0.29) is 17.8 Å². The number of hydrazone groups is 1. The molecule has 2 atom stereocenters. The van der Waals surface area contributed by atoms with Gasteiger partial charge in [0.2, 0.25) is 0 Å². The van der Waals surface area contributed by atoms with Crippen molar-refractivity contribution >= 4 is 28.7 Å². The quantitative estimate of drug-likeness (QED) is 0.914. The van der Waals surface area contributed by atoms with Gasteiger partial charge in [-0.3, -0.25) is 0 Å². The third-order valence-corrected chi connectivity index (χ3v) is 4.70. The van der Waals surface area contributed by atoms with Crippen LogP contribution in [0.15, 0.2) is 64.7 Å². The Hall–Kier alpha value is -2.60. The molecule has 110 valence electrons. The Balaban J connectivity index is 1.78. The number of hydrogen-bond acceptors (Lipinski definition) is 5. The van der Waals surface area contributed by atoms with Crippen molar-refractivity contribution in [1.82, 2.24) is 5.32 Å². The molecule has 2 aromatic rings. The molecule has 0 amide bonds. The normalized spacial score (nSPS) is 22.8. The molecule has 0 bridgehead atoms. The molecule has 1 aromatic carbocycles. The van der Waals surface area contributed by atoms with Crippen molar-refractivity contribution in [3.63, 3.8) is 0 Å². The van der Waals surface area contributed by atoms with Gasteiger partial charge in [0.05, 0.1) is 22.2 Å². The lowest BCUT2D eigenvalue weighted by Gasteiger charge is -2.24. The Bertz CT molecular complexity index is 768. The van der Waals surface area contributed by atoms with E-state index in [1.165, 1.54) is 0 Å². The van der Waals surface area contributed by atoms with Gasteiger partial charge in [0.15, 0.2) is 0 Å². The van der Waals surface area contributed by atoms with E-state index < -0.39 is 5.97 Å². The third-order valence-electron chi connectivity index (χ3n) is 3.81. The molecular weight excluding hydrogens is 298 g/mol. The maximum atomic E-state index is 11.3. The Morgan fingerprint density at radius 3 is 2.73 bits per heavy atom. The van der Waals surface area contributed by atoms with Gasteiger partial charge < -0.3 is 10.4 Å². The second-order valence-electron chi connectivity index (χ2n) is 5.14. The highest BCUT2D eigenvalue weighted by atomic mass is 32.1. The molecule has 0 saturated carbocycles. The summed E-state index contributed by atoms with van der Waals surface area (Å²) in [5.74, 6) is -1.00. The molecule has 2 unspecified atom stereocenters. The average molecular weight is 311 g/mol. The van der Waals surface area contributed by atoms with Crippen molar-refractivity contribution in [2.75, 3.05) is 5.01 Å². The van der Waals surface area contributed by atoms with Crippen LogP contribution in [0.4, 0.5) is 5.69 Å². The number of carboxylic acids is 1. The monoisotopic (exact) mass is 311 g/mol. The van der Waals surface area contributed by atoms with E-state index in [0.29, 0.717) is 0 Å². The van der Waals surface area contributed by atoms with Crippen molar-refractivity contribution in [2.24, 2.45) is 11.0 Å². The number of fused-ring (bicyclic) bond motifs is 1. The lowest BCUT2D eigenvalue weighted by Crippen LogP contribution is -2.41. The van der Waals surface area contributed by atoms with E-state index in [1.807, 2.05) is 52.9 Å². The molecule has 0 fully saturated rings. The van der Waals surface area contributed by atoms with Gasteiger partial charge in [-0.25, -0.2) is 9.80 Å². The van der Waals surface area contributed by atoms with Crippen LogP contribution in [0, 0.1) is 5.92 Å². The number of para-hydroxylation sites is 1. The van der Waals surface area contributed by atoms with Gasteiger partial charge in [-0.2, -0.15) is 5.10 Å². The number of hydrogen-bond donors (Lipinski definition) is 2. The predicted octanol–water partition coefficient (Wildman–Crippen LogP) is 2.49. The van der Waals surface area contributed by atoms with E-state index in [0.717, 1.165) is 16.3 Å². The van der Waals surface area contributed by atoms with Gasteiger partial charge in [-0.15, -0.1) is 11.3 Å². The average Bonchev–Trinajstić information content (AvgIpc) is 3.23. The summed E-state index contributed by atoms with van der Waals surface area (Å²) in [7, 11) is 0. The smallest absolute Gasteiger partial charge is 0.351 e. The van der Waals surface area contributed by atoms with Crippen LogP contribution in [-0.4, -0.2) is 23.0 Å². The molecular formula is C16H13N3O2S. The summed E-state index contributed by atoms with van der Waals surface area (Å²) < 4.78 is 0. The maximum absolute atomic E-state index is 11.3. The van der Waals surface area contributed by atoms with Crippen LogP contribution in [0.3, 0.4) is 0 Å². The van der Waals surface area contributed by atoms with Crippen LogP contribution in [0.5, 0.6) is 0 Å². The van der Waals surface area contributed by atoms with Gasteiger partial charge in [-0.05, 0) is 29.7 Å². The Morgan fingerprint density at radius 1 is 1.23 bits per heavy atom. The van der Waals surface area contributed by atoms with Gasteiger partial charge in [0.1, 0.15) is 11.9 Å². The molecule has 5 nitrogen and oxygen atoms in total. The number of aliphatic carboxylic acids is 1. The van der Waals surface area contributed by atoms with Crippen molar-refractivity contribution in [3.05, 3.63) is 64.5 Å². The van der Waals surface area contributed by atoms with Crippen LogP contribution in [0.2, 0.25) is 0 Å². The standard InChI is InChI=1S/C16H13N3O2S/c20-16(21)12-9-11-14(13-7-4-8-22-13)18-19(15(11)17-12)10-5-2-1-3-6-10/h1-9,11,15,17H,(H,20,21). The maximum Gasteiger partial charge on any atom is 0.351 e. The molecule has 3 heterocycles. The SMILES string of the molecule is O=C(O)C1=CC2C(c3cccs3)=NN(c3ccccc3)C2N1. The number of anilines is 1. The van der Waals surface area contributed by atoms with Crippen molar-refractivity contribution in [3.8, 4) is 0 Å². The molecule has 0 saturated heterocycles. The first-order valence-electron chi connectivity index (χ1n) is 6.92. The summed E-state index contributed by atoms with van der Waals surface area (Å²) in [6.45, 7) is 0. The molecule has 0 spiro atoms. The summed E-state index contributed by atoms with van der Waals surface area (Å²) in [6, 6.07) is 13.8. The molecule has 2 aliphatic rings. The first kappa shape index (κ1) is 13.1. The zero-order valence-electron chi connectivity index (χ0n) is 11.5. The van der Waals surface area contributed by atoms with E-state index >= 15 is 0 Å². The van der Waals surface area contributed by atoms with Crippen molar-refractivity contribution < 1.29 is 9.90 Å². The molecule has 0 aliphatic carbocycles. The van der Waals surface area contributed by atoms with Gasteiger partial charge in [0, 0.05) is 0 Å². The van der Waals surface area contributed by atoms with Crippen LogP contribution in [0.25, 0.3) is 0 Å². The number of thiophene rings is 1. The molecule has 2 N–H and O–H groups in total. The van der Waals surface area contributed by atoms with E-state index in [4.69, 9.17) is 5.10 Å². The molecule has 1 aromatic heterocycles. The van der Waals surface area contributed by atoms with Crippen LogP contribution < -0.4 is 10.3 Å². The highest BCUT2D eigenvalue weighted by molar-refractivity contribution is 7.12. The first-order chi connectivity index (χ1) is 10.7. The molecule has 6 heteroatoms. The van der Waals surface area contributed by atoms with Gasteiger partial charge >= 0.3 is 5.97 Å². The first-order valence-corrected chi connectivity index (χ1v) is 7.80. The molecule has 4 rings (SSSR count). The number of carboxylic acid groups (broad SMARTS) is 1. The summed E-state index contributed by atoms with van der Waals surface area (Å²) in [5, 5.41) is 20.9. The number of rotatable bonds is 3. The second-order valence-corrected chi connectivity index (χ2v) is 6.09. The van der Waals surface area contributed by atoms with Gasteiger partial charge in [0.25, 0.3) is 0 Å². The number of carbonyl (C=O) groups is 1.